The van der Waals surface area contributed by atoms with E-state index in [0.717, 1.165) is 17.2 Å². The molecule has 3 rings (SSSR count). The topological polar surface area (TPSA) is 51.2 Å². The number of benzene rings is 1. The molecule has 0 N–H and O–H groups in total. The summed E-state index contributed by atoms with van der Waals surface area (Å²) in [5.74, 6) is 1.61. The van der Waals surface area contributed by atoms with E-state index in [-0.39, 0.29) is 5.92 Å². The van der Waals surface area contributed by atoms with Gasteiger partial charge in [-0.25, -0.2) is 4.98 Å². The highest BCUT2D eigenvalue weighted by atomic mass is 35.5. The van der Waals surface area contributed by atoms with Crippen molar-refractivity contribution >= 4 is 28.8 Å². The highest BCUT2D eigenvalue weighted by Gasteiger charge is 2.14. The van der Waals surface area contributed by atoms with E-state index >= 15 is 0 Å². The average molecular weight is 329 g/mol. The molecule has 0 aliphatic heterocycles. The van der Waals surface area contributed by atoms with Crippen LogP contribution in [0.5, 0.6) is 5.75 Å². The number of nitrogens with zero attached hydrogens (tertiary/aromatic N) is 4. The van der Waals surface area contributed by atoms with Crippen LogP contribution in [-0.4, -0.2) is 16.5 Å². The van der Waals surface area contributed by atoms with Crippen molar-refractivity contribution in [3.63, 3.8) is 0 Å². The number of rotatable bonds is 4. The summed E-state index contributed by atoms with van der Waals surface area (Å²) in [6.45, 7) is 4.18. The molecule has 118 valence electrons. The smallest absolute Gasteiger partial charge is 0.183 e. The lowest BCUT2D eigenvalue weighted by atomic mass is 10.1. The highest BCUT2D eigenvalue weighted by molar-refractivity contribution is 6.32. The maximum atomic E-state index is 6.12. The van der Waals surface area contributed by atoms with Crippen LogP contribution in [0.2, 0.25) is 5.02 Å². The second kappa shape index (κ2) is 6.38. The fourth-order valence-electron chi connectivity index (χ4n) is 2.31. The van der Waals surface area contributed by atoms with Crippen molar-refractivity contribution in [3.8, 4) is 5.75 Å². The second-order valence-electron chi connectivity index (χ2n) is 5.42. The van der Waals surface area contributed by atoms with Crippen molar-refractivity contribution in [1.29, 1.82) is 0 Å². The molecule has 0 atom stereocenters. The Labute approximate surface area is 139 Å². The number of fused-ring (bicyclic) bond motifs is 1. The number of imidazole rings is 1. The normalized spacial score (nSPS) is 11.7. The van der Waals surface area contributed by atoms with Gasteiger partial charge < -0.3 is 4.74 Å². The number of halogens is 1. The molecule has 2 aromatic heterocycles. The Morgan fingerprint density at radius 2 is 2.00 bits per heavy atom. The lowest BCUT2D eigenvalue weighted by Gasteiger charge is -2.03. The molecule has 0 saturated carbocycles. The molecule has 0 saturated heterocycles. The molecule has 0 spiro atoms. The summed E-state index contributed by atoms with van der Waals surface area (Å²) in [6.07, 6.45) is 1.93. The van der Waals surface area contributed by atoms with Crippen LogP contribution in [0, 0.1) is 0 Å². The summed E-state index contributed by atoms with van der Waals surface area (Å²) in [5.41, 5.74) is 2.44. The van der Waals surface area contributed by atoms with E-state index in [2.05, 4.69) is 29.1 Å². The molecule has 0 bridgehead atoms. The minimum absolute atomic E-state index is 0.253. The number of hydrogen-bond donors (Lipinski definition) is 0. The van der Waals surface area contributed by atoms with Crippen LogP contribution in [0.4, 0.5) is 11.5 Å². The summed E-state index contributed by atoms with van der Waals surface area (Å²) in [7, 11) is 1.58. The lowest BCUT2D eigenvalue weighted by Crippen LogP contribution is -1.87. The molecule has 3 aromatic rings. The Morgan fingerprint density at radius 3 is 2.70 bits per heavy atom. The Hall–Kier alpha value is -2.40. The van der Waals surface area contributed by atoms with Crippen LogP contribution >= 0.6 is 11.6 Å². The molecule has 0 aliphatic carbocycles. The Bertz CT molecular complexity index is 870. The summed E-state index contributed by atoms with van der Waals surface area (Å²) < 4.78 is 7.07. The van der Waals surface area contributed by atoms with Crippen molar-refractivity contribution in [3.05, 3.63) is 53.3 Å². The summed E-state index contributed by atoms with van der Waals surface area (Å²) in [4.78, 5) is 4.63. The van der Waals surface area contributed by atoms with Crippen LogP contribution in [0.1, 0.15) is 25.5 Å². The van der Waals surface area contributed by atoms with E-state index in [9.17, 15) is 0 Å². The van der Waals surface area contributed by atoms with Gasteiger partial charge in [-0.2, -0.15) is 0 Å². The van der Waals surface area contributed by atoms with Gasteiger partial charge in [0.05, 0.1) is 23.5 Å². The highest BCUT2D eigenvalue weighted by Crippen LogP contribution is 2.32. The number of ether oxygens (including phenoxy) is 1. The van der Waals surface area contributed by atoms with Crippen LogP contribution in [0.3, 0.4) is 0 Å². The molecule has 2 heterocycles. The van der Waals surface area contributed by atoms with Gasteiger partial charge in [0.1, 0.15) is 11.4 Å². The summed E-state index contributed by atoms with van der Waals surface area (Å²) in [6, 6.07) is 11.2. The van der Waals surface area contributed by atoms with Crippen molar-refractivity contribution in [1.82, 2.24) is 9.38 Å². The predicted molar refractivity (Wildman–Crippen MR) is 91.5 cm³/mol. The standard InChI is InChI=1S/C17H17ClN4O/c1-11(2)16-17(22-9-5-4-6-15(22)19-16)21-20-12-7-8-14(23-3)13(18)10-12/h4-11H,1-3H3. The van der Waals surface area contributed by atoms with Gasteiger partial charge in [0, 0.05) is 6.20 Å². The maximum absolute atomic E-state index is 6.12. The van der Waals surface area contributed by atoms with Crippen molar-refractivity contribution in [2.45, 2.75) is 19.8 Å². The van der Waals surface area contributed by atoms with Gasteiger partial charge in [0.15, 0.2) is 5.82 Å². The average Bonchev–Trinajstić information content (AvgIpc) is 2.92. The van der Waals surface area contributed by atoms with Crippen LogP contribution < -0.4 is 4.74 Å². The zero-order valence-electron chi connectivity index (χ0n) is 13.2. The third-order valence-corrected chi connectivity index (χ3v) is 3.77. The molecular weight excluding hydrogens is 312 g/mol. The van der Waals surface area contributed by atoms with Crippen LogP contribution in [0.15, 0.2) is 52.8 Å². The van der Waals surface area contributed by atoms with Gasteiger partial charge >= 0.3 is 0 Å². The number of hydrogen-bond acceptors (Lipinski definition) is 4. The number of aromatic nitrogens is 2. The van der Waals surface area contributed by atoms with E-state index in [1.165, 1.54) is 0 Å². The van der Waals surface area contributed by atoms with E-state index in [1.54, 1.807) is 19.2 Å². The first-order valence-electron chi connectivity index (χ1n) is 7.32. The molecule has 6 heteroatoms. The molecule has 0 radical (unpaired) electrons. The number of pyridine rings is 1. The van der Waals surface area contributed by atoms with Gasteiger partial charge in [0.2, 0.25) is 0 Å². The van der Waals surface area contributed by atoms with Gasteiger partial charge in [-0.15, -0.1) is 10.2 Å². The largest absolute Gasteiger partial charge is 0.495 e. The van der Waals surface area contributed by atoms with Crippen molar-refractivity contribution in [2.75, 3.05) is 7.11 Å². The maximum Gasteiger partial charge on any atom is 0.183 e. The number of azo groups is 1. The Morgan fingerprint density at radius 1 is 1.17 bits per heavy atom. The first-order valence-corrected chi connectivity index (χ1v) is 7.70. The second-order valence-corrected chi connectivity index (χ2v) is 5.83. The number of methoxy groups -OCH3 is 1. The van der Waals surface area contributed by atoms with Crippen LogP contribution in [0.25, 0.3) is 5.65 Å². The quantitative estimate of drug-likeness (QED) is 0.591. The fourth-order valence-corrected chi connectivity index (χ4v) is 2.56. The molecule has 0 aliphatic rings. The molecule has 0 amide bonds. The SMILES string of the molecule is COc1ccc(N=Nc2c(C(C)C)nc3ccccn23)cc1Cl. The molecule has 5 nitrogen and oxygen atoms in total. The van der Waals surface area contributed by atoms with E-state index < -0.39 is 0 Å². The predicted octanol–water partition coefficient (Wildman–Crippen LogP) is 5.54. The monoisotopic (exact) mass is 328 g/mol. The van der Waals surface area contributed by atoms with Crippen molar-refractivity contribution in [2.24, 2.45) is 10.2 Å². The first kappa shape index (κ1) is 15.5. The zero-order chi connectivity index (χ0) is 16.4. The first-order chi connectivity index (χ1) is 11.1. The Balaban J connectivity index is 2.03. The molecular formula is C17H17ClN4O. The van der Waals surface area contributed by atoms with E-state index in [0.29, 0.717) is 16.5 Å². The van der Waals surface area contributed by atoms with Gasteiger partial charge in [0.25, 0.3) is 0 Å². The molecule has 1 aromatic carbocycles. The lowest BCUT2D eigenvalue weighted by molar-refractivity contribution is 0.415. The van der Waals surface area contributed by atoms with Gasteiger partial charge in [-0.3, -0.25) is 4.40 Å². The van der Waals surface area contributed by atoms with Gasteiger partial charge in [-0.1, -0.05) is 31.5 Å². The molecule has 23 heavy (non-hydrogen) atoms. The van der Waals surface area contributed by atoms with Crippen molar-refractivity contribution < 1.29 is 4.74 Å². The zero-order valence-corrected chi connectivity index (χ0v) is 13.9. The van der Waals surface area contributed by atoms with Gasteiger partial charge in [-0.05, 0) is 36.2 Å². The molecule has 0 fully saturated rings. The van der Waals surface area contributed by atoms with Crippen LogP contribution in [-0.2, 0) is 0 Å². The minimum Gasteiger partial charge on any atom is -0.495 e. The Kier molecular flexibility index (Phi) is 4.30. The van der Waals surface area contributed by atoms with E-state index in [1.807, 2.05) is 34.9 Å². The third kappa shape index (κ3) is 3.05. The third-order valence-electron chi connectivity index (χ3n) is 3.47. The fraction of sp³-hybridized carbons (Fsp3) is 0.235. The minimum atomic E-state index is 0.253. The summed E-state index contributed by atoms with van der Waals surface area (Å²) in [5, 5.41) is 9.22. The molecule has 0 unspecified atom stereocenters. The summed E-state index contributed by atoms with van der Waals surface area (Å²) >= 11 is 6.12. The van der Waals surface area contributed by atoms with E-state index in [4.69, 9.17) is 16.3 Å².